The van der Waals surface area contributed by atoms with Crippen molar-refractivity contribution >= 4 is 0 Å². The lowest BCUT2D eigenvalue weighted by atomic mass is 10.2. The summed E-state index contributed by atoms with van der Waals surface area (Å²) < 4.78 is 0. The van der Waals surface area contributed by atoms with Crippen LogP contribution in [-0.2, 0) is 0 Å². The molecule has 0 unspecified atom stereocenters. The summed E-state index contributed by atoms with van der Waals surface area (Å²) in [6.07, 6.45) is 6.05. The third-order valence-corrected chi connectivity index (χ3v) is 1.34. The second-order valence-corrected chi connectivity index (χ2v) is 2.19. The number of unbranched alkanes of at least 4 members (excludes halogenated alkanes) is 1. The maximum Gasteiger partial charge on any atom is -0.0351 e. The van der Waals surface area contributed by atoms with Crippen molar-refractivity contribution in [3.05, 3.63) is 11.6 Å². The van der Waals surface area contributed by atoms with E-state index in [1.54, 1.807) is 0 Å². The Kier molecular flexibility index (Phi) is 4.73. The van der Waals surface area contributed by atoms with Crippen LogP contribution in [-0.4, -0.2) is 0 Å². The van der Waals surface area contributed by atoms with Crippen LogP contribution in [0.15, 0.2) is 11.6 Å². The van der Waals surface area contributed by atoms with Gasteiger partial charge in [0.15, 0.2) is 0 Å². The topological polar surface area (TPSA) is 0 Å². The normalized spacial score (nSPS) is 12.1. The average molecular weight is 112 g/mol. The molecule has 0 aliphatic rings. The monoisotopic (exact) mass is 112 g/mol. The smallest absolute Gasteiger partial charge is 0.0351 e. The van der Waals surface area contributed by atoms with Crippen molar-refractivity contribution in [2.24, 2.45) is 0 Å². The third-order valence-electron chi connectivity index (χ3n) is 1.34. The molecular weight excluding hydrogens is 96.1 g/mol. The van der Waals surface area contributed by atoms with Crippen molar-refractivity contribution in [1.82, 2.24) is 0 Å². The van der Waals surface area contributed by atoms with Gasteiger partial charge in [-0.15, -0.1) is 0 Å². The quantitative estimate of drug-likeness (QED) is 0.492. The Labute approximate surface area is 52.6 Å². The maximum atomic E-state index is 2.32. The molecule has 0 aliphatic heterocycles. The van der Waals surface area contributed by atoms with Crippen molar-refractivity contribution < 1.29 is 0 Å². The molecule has 0 rings (SSSR count). The Hall–Kier alpha value is -0.260. The van der Waals surface area contributed by atoms with Crippen LogP contribution in [0.5, 0.6) is 0 Å². The van der Waals surface area contributed by atoms with Crippen LogP contribution < -0.4 is 0 Å². The van der Waals surface area contributed by atoms with Gasteiger partial charge in [0, 0.05) is 0 Å². The van der Waals surface area contributed by atoms with E-state index in [0.29, 0.717) is 0 Å². The maximum absolute atomic E-state index is 2.32. The number of hydrogen-bond acceptors (Lipinski definition) is 0. The second kappa shape index (κ2) is 4.89. The molecule has 0 fully saturated rings. The fourth-order valence-electron chi connectivity index (χ4n) is 0.535. The van der Waals surface area contributed by atoms with E-state index in [1.165, 1.54) is 24.8 Å². The molecule has 0 aromatic rings. The van der Waals surface area contributed by atoms with Crippen molar-refractivity contribution in [2.45, 2.75) is 40.0 Å². The van der Waals surface area contributed by atoms with Crippen LogP contribution in [0.1, 0.15) is 40.0 Å². The first-order valence-corrected chi connectivity index (χ1v) is 3.46. The average Bonchev–Trinajstić information content (AvgIpc) is 1.83. The molecule has 0 saturated carbocycles. The van der Waals surface area contributed by atoms with Crippen LogP contribution in [0.4, 0.5) is 0 Å². The standard InChI is InChI=1S/C8H16/c1-4-6-7-8(3)5-2/h7H,4-6H2,1-3H3/b8-7+. The lowest BCUT2D eigenvalue weighted by Crippen LogP contribution is -1.70. The summed E-state index contributed by atoms with van der Waals surface area (Å²) in [5.74, 6) is 0. The van der Waals surface area contributed by atoms with E-state index in [1.807, 2.05) is 0 Å². The molecule has 0 aromatic heterocycles. The van der Waals surface area contributed by atoms with Gasteiger partial charge in [0.05, 0.1) is 0 Å². The molecule has 0 amide bonds. The van der Waals surface area contributed by atoms with Gasteiger partial charge in [-0.1, -0.05) is 31.9 Å². The molecule has 0 bridgehead atoms. The first kappa shape index (κ1) is 7.74. The van der Waals surface area contributed by atoms with E-state index in [-0.39, 0.29) is 0 Å². The molecule has 48 valence electrons. The Balaban J connectivity index is 3.26. The summed E-state index contributed by atoms with van der Waals surface area (Å²) in [5, 5.41) is 0. The van der Waals surface area contributed by atoms with Gasteiger partial charge >= 0.3 is 0 Å². The summed E-state index contributed by atoms with van der Waals surface area (Å²) in [5.41, 5.74) is 1.52. The van der Waals surface area contributed by atoms with Gasteiger partial charge in [-0.25, -0.2) is 0 Å². The highest BCUT2D eigenvalue weighted by atomic mass is 13.9. The minimum absolute atomic E-state index is 1.21. The van der Waals surface area contributed by atoms with Crippen LogP contribution in [0, 0.1) is 0 Å². The summed E-state index contributed by atoms with van der Waals surface area (Å²) >= 11 is 0. The molecule has 0 N–H and O–H groups in total. The van der Waals surface area contributed by atoms with Gasteiger partial charge < -0.3 is 0 Å². The van der Waals surface area contributed by atoms with E-state index >= 15 is 0 Å². The first-order valence-electron chi connectivity index (χ1n) is 3.46. The van der Waals surface area contributed by atoms with E-state index in [0.717, 1.165) is 0 Å². The van der Waals surface area contributed by atoms with Gasteiger partial charge in [0.2, 0.25) is 0 Å². The highest BCUT2D eigenvalue weighted by molar-refractivity contribution is 4.95. The van der Waals surface area contributed by atoms with Gasteiger partial charge in [-0.05, 0) is 19.8 Å². The van der Waals surface area contributed by atoms with E-state index in [4.69, 9.17) is 0 Å². The molecule has 0 aliphatic carbocycles. The number of hydrogen-bond donors (Lipinski definition) is 0. The Morgan fingerprint density at radius 1 is 1.38 bits per heavy atom. The summed E-state index contributed by atoms with van der Waals surface area (Å²) in [4.78, 5) is 0. The van der Waals surface area contributed by atoms with Gasteiger partial charge in [-0.2, -0.15) is 0 Å². The molecule has 0 saturated heterocycles. The molecule has 8 heavy (non-hydrogen) atoms. The SMILES string of the molecule is CCC/C=C(\C)CC. The minimum atomic E-state index is 1.21. The fourth-order valence-corrected chi connectivity index (χ4v) is 0.535. The van der Waals surface area contributed by atoms with Crippen LogP contribution in [0.3, 0.4) is 0 Å². The highest BCUT2D eigenvalue weighted by Crippen LogP contribution is 2.00. The number of rotatable bonds is 3. The summed E-state index contributed by atoms with van der Waals surface area (Å²) in [6.45, 7) is 6.59. The van der Waals surface area contributed by atoms with Crippen LogP contribution in [0.25, 0.3) is 0 Å². The van der Waals surface area contributed by atoms with Gasteiger partial charge in [0.25, 0.3) is 0 Å². The Bertz CT molecular complexity index is 70.1. The molecule has 0 nitrogen and oxygen atoms in total. The predicted octanol–water partition coefficient (Wildman–Crippen LogP) is 3.14. The van der Waals surface area contributed by atoms with Gasteiger partial charge in [-0.3, -0.25) is 0 Å². The molecule has 0 heterocycles. The van der Waals surface area contributed by atoms with Crippen molar-refractivity contribution in [3.8, 4) is 0 Å². The molecule has 0 atom stereocenters. The zero-order chi connectivity index (χ0) is 6.41. The highest BCUT2D eigenvalue weighted by Gasteiger charge is 1.79. The zero-order valence-electron chi connectivity index (χ0n) is 6.20. The lowest BCUT2D eigenvalue weighted by Gasteiger charge is -1.91. The molecule has 0 heteroatoms. The summed E-state index contributed by atoms with van der Waals surface area (Å²) in [7, 11) is 0. The largest absolute Gasteiger partial charge is 0.0856 e. The Morgan fingerprint density at radius 3 is 2.38 bits per heavy atom. The van der Waals surface area contributed by atoms with Crippen LogP contribution >= 0.6 is 0 Å². The molecular formula is C8H16. The van der Waals surface area contributed by atoms with Crippen molar-refractivity contribution in [2.75, 3.05) is 0 Å². The van der Waals surface area contributed by atoms with E-state index < -0.39 is 0 Å². The number of allylic oxidation sites excluding steroid dienone is 2. The zero-order valence-corrected chi connectivity index (χ0v) is 6.20. The Morgan fingerprint density at radius 2 is 2.00 bits per heavy atom. The molecule has 0 spiro atoms. The second-order valence-electron chi connectivity index (χ2n) is 2.19. The van der Waals surface area contributed by atoms with Crippen molar-refractivity contribution in [3.63, 3.8) is 0 Å². The predicted molar refractivity (Wildman–Crippen MR) is 39.0 cm³/mol. The minimum Gasteiger partial charge on any atom is -0.0856 e. The van der Waals surface area contributed by atoms with Crippen molar-refractivity contribution in [1.29, 1.82) is 0 Å². The lowest BCUT2D eigenvalue weighted by molar-refractivity contribution is 0.934. The molecule has 0 radical (unpaired) electrons. The first-order chi connectivity index (χ1) is 3.81. The van der Waals surface area contributed by atoms with Gasteiger partial charge in [0.1, 0.15) is 0 Å². The van der Waals surface area contributed by atoms with E-state index in [2.05, 4.69) is 26.8 Å². The van der Waals surface area contributed by atoms with E-state index in [9.17, 15) is 0 Å². The third kappa shape index (κ3) is 3.91. The summed E-state index contributed by atoms with van der Waals surface area (Å²) in [6, 6.07) is 0. The fraction of sp³-hybridized carbons (Fsp3) is 0.750. The molecule has 0 aromatic carbocycles. The van der Waals surface area contributed by atoms with Crippen LogP contribution in [0.2, 0.25) is 0 Å².